The third-order valence-electron chi connectivity index (χ3n) is 7.06. The SMILES string of the molecule is CCN(CC)CCCNc1nccc2c(C)c3[nH]c4ccc(OC)cc4c3c(C)c12.O=C(O)/C=C\C(=O)O.O=C(O)/C=C\C(=O)O. The third kappa shape index (κ3) is 10.3. The summed E-state index contributed by atoms with van der Waals surface area (Å²) < 4.78 is 5.48. The number of carboxylic acids is 4. The molecule has 2 heterocycles. The molecule has 0 radical (unpaired) electrons. The molecule has 13 heteroatoms. The van der Waals surface area contributed by atoms with Crippen LogP contribution in [-0.2, 0) is 19.2 Å². The van der Waals surface area contributed by atoms with Gasteiger partial charge in [0.1, 0.15) is 11.6 Å². The van der Waals surface area contributed by atoms with Gasteiger partial charge >= 0.3 is 23.9 Å². The highest BCUT2D eigenvalue weighted by atomic mass is 16.5. The lowest BCUT2D eigenvalue weighted by molar-refractivity contribution is -0.134. The number of fused-ring (bicyclic) bond motifs is 4. The van der Waals surface area contributed by atoms with Crippen molar-refractivity contribution in [2.24, 2.45) is 0 Å². The molecule has 2 aromatic heterocycles. The van der Waals surface area contributed by atoms with Gasteiger partial charge in [0.2, 0.25) is 0 Å². The van der Waals surface area contributed by atoms with E-state index in [1.807, 2.05) is 12.3 Å². The van der Waals surface area contributed by atoms with Gasteiger partial charge in [0.15, 0.2) is 0 Å². The largest absolute Gasteiger partial charge is 0.497 e. The van der Waals surface area contributed by atoms with Crippen LogP contribution in [0.15, 0.2) is 54.8 Å². The molecule has 2 aromatic carbocycles. The van der Waals surface area contributed by atoms with Crippen molar-refractivity contribution >= 4 is 62.3 Å². The van der Waals surface area contributed by atoms with Gasteiger partial charge in [0, 0.05) is 58.7 Å². The van der Waals surface area contributed by atoms with Crippen LogP contribution < -0.4 is 10.1 Å². The Morgan fingerprint density at radius 1 is 0.848 bits per heavy atom. The molecule has 0 saturated carbocycles. The Bertz CT molecular complexity index is 1690. The highest BCUT2D eigenvalue weighted by Gasteiger charge is 2.17. The molecule has 0 unspecified atom stereocenters. The number of hydrogen-bond acceptors (Lipinski definition) is 8. The number of carboxylic acid groups (broad SMARTS) is 4. The summed E-state index contributed by atoms with van der Waals surface area (Å²) in [7, 11) is 1.72. The number of carbonyl (C=O) groups is 4. The van der Waals surface area contributed by atoms with E-state index in [0.717, 1.165) is 49.7 Å². The fourth-order valence-electron chi connectivity index (χ4n) is 4.85. The number of methoxy groups -OCH3 is 1. The first-order valence-electron chi connectivity index (χ1n) is 14.5. The number of rotatable bonds is 12. The van der Waals surface area contributed by atoms with Crippen LogP contribution in [0.2, 0.25) is 0 Å². The summed E-state index contributed by atoms with van der Waals surface area (Å²) in [5, 5.41) is 39.8. The van der Waals surface area contributed by atoms with E-state index < -0.39 is 23.9 Å². The second-order valence-electron chi connectivity index (χ2n) is 9.95. The van der Waals surface area contributed by atoms with Crippen LogP contribution in [0, 0.1) is 13.8 Å². The second kappa shape index (κ2) is 17.8. The molecule has 0 fully saturated rings. The molecule has 0 aliphatic rings. The summed E-state index contributed by atoms with van der Waals surface area (Å²) in [6, 6.07) is 8.36. The van der Waals surface area contributed by atoms with E-state index in [9.17, 15) is 19.2 Å². The number of nitrogens with zero attached hydrogens (tertiary/aromatic N) is 2. The quantitative estimate of drug-likeness (QED) is 0.0892. The molecule has 0 saturated heterocycles. The average molecular weight is 637 g/mol. The van der Waals surface area contributed by atoms with Gasteiger partial charge in [-0.2, -0.15) is 0 Å². The van der Waals surface area contributed by atoms with Gasteiger partial charge in [0.05, 0.1) is 12.6 Å². The zero-order chi connectivity index (χ0) is 34.4. The molecule has 0 aliphatic carbocycles. The van der Waals surface area contributed by atoms with E-state index in [0.29, 0.717) is 24.3 Å². The molecule has 0 aliphatic heterocycles. The van der Waals surface area contributed by atoms with E-state index in [2.05, 4.69) is 61.1 Å². The lowest BCUT2D eigenvalue weighted by atomic mass is 9.96. The molecule has 246 valence electrons. The highest BCUT2D eigenvalue weighted by Crippen LogP contribution is 2.39. The molecule has 6 N–H and O–H groups in total. The molecule has 0 spiro atoms. The van der Waals surface area contributed by atoms with Crippen LogP contribution in [0.4, 0.5) is 5.82 Å². The number of aliphatic carboxylic acids is 4. The molecule has 13 nitrogen and oxygen atoms in total. The number of nitrogens with one attached hydrogen (secondary N) is 2. The molecule has 46 heavy (non-hydrogen) atoms. The number of aromatic nitrogens is 2. The van der Waals surface area contributed by atoms with Crippen molar-refractivity contribution in [3.8, 4) is 5.75 Å². The van der Waals surface area contributed by atoms with Crippen molar-refractivity contribution in [2.75, 3.05) is 38.6 Å². The predicted octanol–water partition coefficient (Wildman–Crippen LogP) is 5.06. The number of aryl methyl sites for hydroxylation is 2. The number of H-pyrrole nitrogens is 1. The first-order chi connectivity index (χ1) is 21.8. The number of ether oxygens (including phenoxy) is 1. The van der Waals surface area contributed by atoms with Crippen molar-refractivity contribution in [3.05, 3.63) is 65.9 Å². The fraction of sp³-hybridized carbons (Fsp3) is 0.303. The Kier molecular flexibility index (Phi) is 14.2. The molecule has 0 bridgehead atoms. The van der Waals surface area contributed by atoms with Crippen molar-refractivity contribution in [2.45, 2.75) is 34.1 Å². The molecule has 4 aromatic rings. The standard InChI is InChI=1S/C25H32N4O.2C4H4O4/c1-6-29(7-2)14-8-12-26-25-23-17(4)22-20-15-18(30-5)9-10-21(20)28-24(22)16(3)19(23)11-13-27-25;2*5-3(6)1-2-4(7)8/h9-11,13,15,28H,6-8,12,14H2,1-5H3,(H,26,27);2*1-2H,(H,5,6)(H,7,8)/b;2*2-1-. The fourth-order valence-corrected chi connectivity index (χ4v) is 4.85. The summed E-state index contributed by atoms with van der Waals surface area (Å²) in [5.74, 6) is -3.17. The minimum absolute atomic E-state index is 0.558. The average Bonchev–Trinajstić information content (AvgIpc) is 3.41. The van der Waals surface area contributed by atoms with E-state index in [1.54, 1.807) is 7.11 Å². The number of benzene rings is 2. The number of pyridine rings is 1. The lowest BCUT2D eigenvalue weighted by Crippen LogP contribution is -2.25. The maximum absolute atomic E-state index is 9.55. The van der Waals surface area contributed by atoms with Gasteiger partial charge in [-0.25, -0.2) is 24.2 Å². The molecule has 4 rings (SSSR count). The highest BCUT2D eigenvalue weighted by molar-refractivity contribution is 6.18. The normalized spacial score (nSPS) is 11.0. The van der Waals surface area contributed by atoms with Gasteiger partial charge in [-0.05, 0) is 80.7 Å². The summed E-state index contributed by atoms with van der Waals surface area (Å²) in [5.41, 5.74) is 4.84. The minimum atomic E-state index is -1.26. The van der Waals surface area contributed by atoms with Gasteiger partial charge in [-0.1, -0.05) is 13.8 Å². The van der Waals surface area contributed by atoms with Crippen LogP contribution in [0.5, 0.6) is 5.75 Å². The van der Waals surface area contributed by atoms with E-state index in [1.165, 1.54) is 38.2 Å². The number of hydrogen-bond donors (Lipinski definition) is 6. The molecular formula is C33H40N4O9. The van der Waals surface area contributed by atoms with Crippen LogP contribution in [0.1, 0.15) is 31.4 Å². The van der Waals surface area contributed by atoms with Crippen molar-refractivity contribution in [1.82, 2.24) is 14.9 Å². The monoisotopic (exact) mass is 636 g/mol. The maximum Gasteiger partial charge on any atom is 0.328 e. The zero-order valence-electron chi connectivity index (χ0n) is 26.5. The Morgan fingerprint density at radius 3 is 1.91 bits per heavy atom. The van der Waals surface area contributed by atoms with E-state index in [-0.39, 0.29) is 0 Å². The van der Waals surface area contributed by atoms with Crippen LogP contribution in [0.25, 0.3) is 32.6 Å². The van der Waals surface area contributed by atoms with Gasteiger partial charge < -0.3 is 40.4 Å². The van der Waals surface area contributed by atoms with Crippen molar-refractivity contribution in [3.63, 3.8) is 0 Å². The first kappa shape index (κ1) is 36.8. The topological polar surface area (TPSA) is 202 Å². The number of aromatic amines is 1. The molecule has 0 atom stereocenters. The first-order valence-corrected chi connectivity index (χ1v) is 14.5. The summed E-state index contributed by atoms with van der Waals surface area (Å²) in [6.07, 6.45) is 5.25. The summed E-state index contributed by atoms with van der Waals surface area (Å²) in [4.78, 5) is 49.0. The van der Waals surface area contributed by atoms with Gasteiger partial charge in [0.25, 0.3) is 0 Å². The smallest absolute Gasteiger partial charge is 0.328 e. The van der Waals surface area contributed by atoms with Gasteiger partial charge in [-0.3, -0.25) is 0 Å². The van der Waals surface area contributed by atoms with Crippen LogP contribution in [-0.4, -0.2) is 92.5 Å². The Morgan fingerprint density at radius 2 is 1.41 bits per heavy atom. The van der Waals surface area contributed by atoms with E-state index in [4.69, 9.17) is 30.1 Å². The van der Waals surface area contributed by atoms with Gasteiger partial charge in [-0.15, -0.1) is 0 Å². The van der Waals surface area contributed by atoms with Crippen molar-refractivity contribution < 1.29 is 44.3 Å². The Hall–Kier alpha value is -5.43. The van der Waals surface area contributed by atoms with Crippen LogP contribution in [0.3, 0.4) is 0 Å². The summed E-state index contributed by atoms with van der Waals surface area (Å²) in [6.45, 7) is 13.1. The summed E-state index contributed by atoms with van der Waals surface area (Å²) >= 11 is 0. The predicted molar refractivity (Wildman–Crippen MR) is 177 cm³/mol. The number of anilines is 1. The van der Waals surface area contributed by atoms with Crippen molar-refractivity contribution in [1.29, 1.82) is 0 Å². The Labute approximate surface area is 265 Å². The second-order valence-corrected chi connectivity index (χ2v) is 9.95. The molecular weight excluding hydrogens is 596 g/mol. The van der Waals surface area contributed by atoms with E-state index >= 15 is 0 Å². The lowest BCUT2D eigenvalue weighted by Gasteiger charge is -2.18. The van der Waals surface area contributed by atoms with Crippen LogP contribution >= 0.6 is 0 Å². The Balaban J connectivity index is 0.000000381. The zero-order valence-corrected chi connectivity index (χ0v) is 26.5. The minimum Gasteiger partial charge on any atom is -0.497 e. The third-order valence-corrected chi connectivity index (χ3v) is 7.06. The molecule has 0 amide bonds. The maximum atomic E-state index is 9.55.